The summed E-state index contributed by atoms with van der Waals surface area (Å²) in [6.45, 7) is 3.28. The lowest BCUT2D eigenvalue weighted by Gasteiger charge is -2.30. The number of nitrogens with one attached hydrogen (secondary N) is 2. The predicted molar refractivity (Wildman–Crippen MR) is 102 cm³/mol. The lowest BCUT2D eigenvalue weighted by molar-refractivity contribution is -0.132. The van der Waals surface area contributed by atoms with Gasteiger partial charge in [-0.25, -0.2) is 4.79 Å². The van der Waals surface area contributed by atoms with Gasteiger partial charge in [-0.15, -0.1) is 12.4 Å². The van der Waals surface area contributed by atoms with Gasteiger partial charge in [0, 0.05) is 31.7 Å². The van der Waals surface area contributed by atoms with E-state index in [2.05, 4.69) is 22.8 Å². The number of carbonyl (C=O) groups excluding carboxylic acids is 2. The standard InChI is InChI=1S/C19H26N4O2.ClH/c24-18(23-16-5-6-17(23)11-20-9-7-16)12-21-19(25)22-10-8-14-3-1-2-4-15(14)13-22;/h1-4,16-17,20H,5-13H2,(H,21,25);1H. The van der Waals surface area contributed by atoms with E-state index in [1.54, 1.807) is 4.90 Å². The summed E-state index contributed by atoms with van der Waals surface area (Å²) in [4.78, 5) is 29.0. The molecule has 2 fully saturated rings. The van der Waals surface area contributed by atoms with Gasteiger partial charge in [-0.1, -0.05) is 24.3 Å². The zero-order chi connectivity index (χ0) is 17.2. The predicted octanol–water partition coefficient (Wildman–Crippen LogP) is 1.53. The Labute approximate surface area is 160 Å². The van der Waals surface area contributed by atoms with Crippen molar-refractivity contribution >= 4 is 24.3 Å². The summed E-state index contributed by atoms with van der Waals surface area (Å²) >= 11 is 0. The molecule has 1 aromatic carbocycles. The van der Waals surface area contributed by atoms with Crippen LogP contribution in [0.3, 0.4) is 0 Å². The van der Waals surface area contributed by atoms with E-state index < -0.39 is 0 Å². The molecule has 142 valence electrons. The fourth-order valence-electron chi connectivity index (χ4n) is 4.41. The van der Waals surface area contributed by atoms with Gasteiger partial charge in [0.1, 0.15) is 0 Å². The van der Waals surface area contributed by atoms with Gasteiger partial charge in [0.2, 0.25) is 5.91 Å². The highest BCUT2D eigenvalue weighted by molar-refractivity contribution is 5.85. The molecule has 0 aromatic heterocycles. The molecule has 3 aliphatic heterocycles. The fraction of sp³-hybridized carbons (Fsp3) is 0.579. The van der Waals surface area contributed by atoms with E-state index in [9.17, 15) is 9.59 Å². The molecule has 3 heterocycles. The van der Waals surface area contributed by atoms with Crippen molar-refractivity contribution in [3.8, 4) is 0 Å². The second kappa shape index (κ2) is 8.27. The molecule has 0 spiro atoms. The molecule has 0 radical (unpaired) electrons. The first kappa shape index (κ1) is 19.0. The maximum absolute atomic E-state index is 12.7. The maximum Gasteiger partial charge on any atom is 0.318 e. The topological polar surface area (TPSA) is 64.7 Å². The van der Waals surface area contributed by atoms with Crippen LogP contribution in [0.2, 0.25) is 0 Å². The van der Waals surface area contributed by atoms with Gasteiger partial charge in [-0.05, 0) is 43.4 Å². The number of benzene rings is 1. The van der Waals surface area contributed by atoms with Crippen molar-refractivity contribution in [3.05, 3.63) is 35.4 Å². The molecule has 0 saturated carbocycles. The van der Waals surface area contributed by atoms with Gasteiger partial charge < -0.3 is 20.4 Å². The van der Waals surface area contributed by atoms with Crippen molar-refractivity contribution in [2.24, 2.45) is 0 Å². The summed E-state index contributed by atoms with van der Waals surface area (Å²) < 4.78 is 0. The van der Waals surface area contributed by atoms with Crippen LogP contribution in [0.15, 0.2) is 24.3 Å². The second-order valence-corrected chi connectivity index (χ2v) is 7.28. The number of hydrogen-bond donors (Lipinski definition) is 2. The van der Waals surface area contributed by atoms with E-state index in [-0.39, 0.29) is 30.9 Å². The molecule has 7 heteroatoms. The molecule has 2 saturated heterocycles. The highest BCUT2D eigenvalue weighted by Gasteiger charge is 2.37. The number of nitrogens with zero attached hydrogens (tertiary/aromatic N) is 2. The molecule has 6 nitrogen and oxygen atoms in total. The van der Waals surface area contributed by atoms with Crippen LogP contribution in [-0.4, -0.2) is 60.0 Å². The highest BCUT2D eigenvalue weighted by atomic mass is 35.5. The van der Waals surface area contributed by atoms with Crippen LogP contribution < -0.4 is 10.6 Å². The Balaban J connectivity index is 0.00000196. The van der Waals surface area contributed by atoms with E-state index in [0.717, 1.165) is 38.8 Å². The number of amides is 3. The molecule has 2 unspecified atom stereocenters. The van der Waals surface area contributed by atoms with Crippen LogP contribution >= 0.6 is 12.4 Å². The molecule has 2 bridgehead atoms. The summed E-state index contributed by atoms with van der Waals surface area (Å²) in [6.07, 6.45) is 4.05. The number of halogens is 1. The zero-order valence-corrected chi connectivity index (χ0v) is 15.8. The number of urea groups is 1. The Morgan fingerprint density at radius 1 is 1.12 bits per heavy atom. The SMILES string of the molecule is Cl.O=C(NCC(=O)N1C2CCNCC1CC2)N1CCc2ccccc2C1. The largest absolute Gasteiger partial charge is 0.334 e. The normalized spacial score (nSPS) is 24.3. The van der Waals surface area contributed by atoms with Crippen molar-refractivity contribution < 1.29 is 9.59 Å². The van der Waals surface area contributed by atoms with Crippen molar-refractivity contribution in [2.45, 2.75) is 44.3 Å². The Bertz CT molecular complexity index is 655. The molecule has 2 atom stereocenters. The Morgan fingerprint density at radius 2 is 1.88 bits per heavy atom. The monoisotopic (exact) mass is 378 g/mol. The number of hydrogen-bond acceptors (Lipinski definition) is 3. The minimum absolute atomic E-state index is 0. The van der Waals surface area contributed by atoms with Crippen molar-refractivity contribution in [1.82, 2.24) is 20.4 Å². The van der Waals surface area contributed by atoms with Crippen LogP contribution in [0.25, 0.3) is 0 Å². The molecule has 0 aliphatic carbocycles. The van der Waals surface area contributed by atoms with Gasteiger partial charge in [-0.2, -0.15) is 0 Å². The van der Waals surface area contributed by atoms with Crippen LogP contribution in [0.5, 0.6) is 0 Å². The second-order valence-electron chi connectivity index (χ2n) is 7.28. The molecule has 26 heavy (non-hydrogen) atoms. The molecule has 2 N–H and O–H groups in total. The maximum atomic E-state index is 12.7. The van der Waals surface area contributed by atoms with Gasteiger partial charge in [0.15, 0.2) is 0 Å². The van der Waals surface area contributed by atoms with Crippen LogP contribution in [0.1, 0.15) is 30.4 Å². The third-order valence-corrected chi connectivity index (χ3v) is 5.75. The Kier molecular flexibility index (Phi) is 6.04. The smallest absolute Gasteiger partial charge is 0.318 e. The average molecular weight is 379 g/mol. The summed E-state index contributed by atoms with van der Waals surface area (Å²) in [5.41, 5.74) is 2.52. The van der Waals surface area contributed by atoms with E-state index in [1.807, 2.05) is 17.0 Å². The fourth-order valence-corrected chi connectivity index (χ4v) is 4.41. The summed E-state index contributed by atoms with van der Waals surface area (Å²) in [6, 6.07) is 8.73. The molecular weight excluding hydrogens is 352 g/mol. The Morgan fingerprint density at radius 3 is 2.73 bits per heavy atom. The quantitative estimate of drug-likeness (QED) is 0.820. The molecule has 1 aromatic rings. The first-order valence-electron chi connectivity index (χ1n) is 9.34. The average Bonchev–Trinajstić information content (AvgIpc) is 2.91. The van der Waals surface area contributed by atoms with E-state index in [1.165, 1.54) is 11.1 Å². The first-order valence-corrected chi connectivity index (χ1v) is 9.34. The van der Waals surface area contributed by atoms with E-state index in [4.69, 9.17) is 0 Å². The molecular formula is C19H27ClN4O2. The van der Waals surface area contributed by atoms with Gasteiger partial charge >= 0.3 is 6.03 Å². The summed E-state index contributed by atoms with van der Waals surface area (Å²) in [5.74, 6) is 0.0574. The zero-order valence-electron chi connectivity index (χ0n) is 14.9. The molecule has 3 amide bonds. The van der Waals surface area contributed by atoms with Crippen molar-refractivity contribution in [3.63, 3.8) is 0 Å². The number of fused-ring (bicyclic) bond motifs is 3. The number of carbonyl (C=O) groups is 2. The minimum atomic E-state index is -0.136. The third kappa shape index (κ3) is 3.81. The van der Waals surface area contributed by atoms with Crippen LogP contribution in [0.4, 0.5) is 4.79 Å². The Hall–Kier alpha value is -1.79. The van der Waals surface area contributed by atoms with Gasteiger partial charge in [-0.3, -0.25) is 4.79 Å². The third-order valence-electron chi connectivity index (χ3n) is 5.75. The van der Waals surface area contributed by atoms with Gasteiger partial charge in [0.25, 0.3) is 0 Å². The lowest BCUT2D eigenvalue weighted by Crippen LogP contribution is -2.50. The summed E-state index contributed by atoms with van der Waals surface area (Å²) in [5, 5.41) is 6.24. The number of rotatable bonds is 2. The highest BCUT2D eigenvalue weighted by Crippen LogP contribution is 2.27. The lowest BCUT2D eigenvalue weighted by atomic mass is 10.0. The van der Waals surface area contributed by atoms with E-state index >= 15 is 0 Å². The first-order chi connectivity index (χ1) is 12.2. The molecule has 3 aliphatic rings. The van der Waals surface area contributed by atoms with E-state index in [0.29, 0.717) is 25.2 Å². The van der Waals surface area contributed by atoms with Crippen LogP contribution in [0, 0.1) is 0 Å². The van der Waals surface area contributed by atoms with Gasteiger partial charge in [0.05, 0.1) is 6.54 Å². The summed E-state index contributed by atoms with van der Waals surface area (Å²) in [7, 11) is 0. The molecule has 4 rings (SSSR count). The van der Waals surface area contributed by atoms with Crippen molar-refractivity contribution in [2.75, 3.05) is 26.2 Å². The minimum Gasteiger partial charge on any atom is -0.334 e. The van der Waals surface area contributed by atoms with Crippen molar-refractivity contribution in [1.29, 1.82) is 0 Å². The van der Waals surface area contributed by atoms with Crippen LogP contribution in [-0.2, 0) is 17.8 Å².